The smallest absolute Gasteiger partial charge is 0.229 e. The summed E-state index contributed by atoms with van der Waals surface area (Å²) in [6.07, 6.45) is 1.12. The van der Waals surface area contributed by atoms with Gasteiger partial charge in [0.2, 0.25) is 11.8 Å². The number of hydrogen-bond acceptors (Lipinski definition) is 2. The first-order valence-corrected chi connectivity index (χ1v) is 9.17. The number of carbonyl (C=O) groups is 2. The van der Waals surface area contributed by atoms with Gasteiger partial charge in [0.15, 0.2) is 0 Å². The lowest BCUT2D eigenvalue weighted by atomic mass is 10.0. The summed E-state index contributed by atoms with van der Waals surface area (Å²) in [5, 5.41) is 3.01. The lowest BCUT2D eigenvalue weighted by Crippen LogP contribution is -2.29. The Hall–Kier alpha value is -2.62. The Morgan fingerprint density at radius 2 is 1.92 bits per heavy atom. The van der Waals surface area contributed by atoms with Crippen LogP contribution in [0, 0.1) is 26.7 Å². The number of nitrogens with zero attached hydrogens (tertiary/aromatic N) is 1. The highest BCUT2D eigenvalue weighted by atomic mass is 16.2. The van der Waals surface area contributed by atoms with E-state index >= 15 is 0 Å². The van der Waals surface area contributed by atoms with E-state index in [4.69, 9.17) is 0 Å². The first-order chi connectivity index (χ1) is 12.4. The topological polar surface area (TPSA) is 49.4 Å². The molecule has 1 aliphatic heterocycles. The van der Waals surface area contributed by atoms with Gasteiger partial charge in [-0.1, -0.05) is 37.3 Å². The van der Waals surface area contributed by atoms with Crippen molar-refractivity contribution in [1.82, 2.24) is 0 Å². The third-order valence-corrected chi connectivity index (χ3v) is 5.12. The van der Waals surface area contributed by atoms with Gasteiger partial charge in [-0.05, 0) is 55.5 Å². The first-order valence-electron chi connectivity index (χ1n) is 9.17. The van der Waals surface area contributed by atoms with Crippen molar-refractivity contribution in [2.24, 2.45) is 5.92 Å². The second-order valence-electron chi connectivity index (χ2n) is 7.15. The van der Waals surface area contributed by atoms with Crippen molar-refractivity contribution in [3.63, 3.8) is 0 Å². The fraction of sp³-hybridized carbons (Fsp3) is 0.364. The molecule has 1 fully saturated rings. The lowest BCUT2D eigenvalue weighted by Gasteiger charge is -2.22. The number of rotatable bonds is 4. The molecule has 26 heavy (non-hydrogen) atoms. The summed E-state index contributed by atoms with van der Waals surface area (Å²) in [7, 11) is 0. The highest BCUT2D eigenvalue weighted by Crippen LogP contribution is 2.32. The van der Waals surface area contributed by atoms with Gasteiger partial charge in [-0.2, -0.15) is 0 Å². The van der Waals surface area contributed by atoms with Crippen LogP contribution in [0.15, 0.2) is 36.4 Å². The number of carbonyl (C=O) groups excluding carboxylic acids is 2. The van der Waals surface area contributed by atoms with E-state index in [0.717, 1.165) is 40.0 Å². The first kappa shape index (κ1) is 18.2. The molecule has 2 aromatic rings. The highest BCUT2D eigenvalue weighted by Gasteiger charge is 2.36. The van der Waals surface area contributed by atoms with Crippen LogP contribution in [0.3, 0.4) is 0 Å². The van der Waals surface area contributed by atoms with Gasteiger partial charge in [-0.25, -0.2) is 0 Å². The molecule has 3 rings (SSSR count). The van der Waals surface area contributed by atoms with Crippen LogP contribution in [0.25, 0.3) is 0 Å². The number of aryl methyl sites for hydroxylation is 4. The van der Waals surface area contributed by atoms with Crippen molar-refractivity contribution in [2.75, 3.05) is 16.8 Å². The Bertz CT molecular complexity index is 857. The van der Waals surface area contributed by atoms with Gasteiger partial charge >= 0.3 is 0 Å². The van der Waals surface area contributed by atoms with E-state index in [9.17, 15) is 9.59 Å². The molecule has 2 amide bonds. The van der Waals surface area contributed by atoms with Gasteiger partial charge in [0.25, 0.3) is 0 Å². The van der Waals surface area contributed by atoms with Crippen molar-refractivity contribution >= 4 is 23.2 Å². The van der Waals surface area contributed by atoms with E-state index < -0.39 is 0 Å². The number of benzene rings is 2. The predicted molar refractivity (Wildman–Crippen MR) is 106 cm³/mol. The van der Waals surface area contributed by atoms with Crippen LogP contribution in [0.1, 0.15) is 35.6 Å². The molecule has 4 nitrogen and oxygen atoms in total. The van der Waals surface area contributed by atoms with E-state index in [0.29, 0.717) is 6.54 Å². The average Bonchev–Trinajstić information content (AvgIpc) is 2.99. The molecule has 1 heterocycles. The Kier molecular flexibility index (Phi) is 5.12. The lowest BCUT2D eigenvalue weighted by molar-refractivity contribution is -0.122. The fourth-order valence-electron chi connectivity index (χ4n) is 3.60. The third-order valence-electron chi connectivity index (χ3n) is 5.12. The van der Waals surface area contributed by atoms with E-state index in [1.54, 1.807) is 4.90 Å². The maximum absolute atomic E-state index is 12.8. The number of amides is 2. The number of para-hydroxylation sites is 1. The molecule has 1 unspecified atom stereocenters. The molecule has 1 saturated heterocycles. The van der Waals surface area contributed by atoms with E-state index in [1.165, 1.54) is 0 Å². The van der Waals surface area contributed by atoms with Gasteiger partial charge < -0.3 is 10.2 Å². The Labute approximate surface area is 155 Å². The van der Waals surface area contributed by atoms with E-state index in [2.05, 4.69) is 18.3 Å². The molecule has 0 aromatic heterocycles. The quantitative estimate of drug-likeness (QED) is 0.900. The molecule has 0 saturated carbocycles. The number of nitrogens with one attached hydrogen (secondary N) is 1. The summed E-state index contributed by atoms with van der Waals surface area (Å²) < 4.78 is 0. The maximum Gasteiger partial charge on any atom is 0.229 e. The maximum atomic E-state index is 12.8. The molecule has 0 radical (unpaired) electrons. The van der Waals surface area contributed by atoms with Gasteiger partial charge in [-0.15, -0.1) is 0 Å². The molecule has 0 spiro atoms. The molecular formula is C22H26N2O2. The van der Waals surface area contributed by atoms with Crippen LogP contribution < -0.4 is 10.2 Å². The Morgan fingerprint density at radius 3 is 2.65 bits per heavy atom. The summed E-state index contributed by atoms with van der Waals surface area (Å²) in [4.78, 5) is 27.2. The minimum atomic E-state index is -0.327. The molecule has 4 heteroatoms. The van der Waals surface area contributed by atoms with Crippen molar-refractivity contribution in [3.8, 4) is 0 Å². The summed E-state index contributed by atoms with van der Waals surface area (Å²) in [5.74, 6) is -0.386. The van der Waals surface area contributed by atoms with Gasteiger partial charge in [0, 0.05) is 24.3 Å². The predicted octanol–water partition coefficient (Wildman–Crippen LogP) is 4.17. The number of anilines is 2. The minimum absolute atomic E-state index is 0.0233. The molecule has 1 N–H and O–H groups in total. The molecule has 0 bridgehead atoms. The monoisotopic (exact) mass is 350 g/mol. The summed E-state index contributed by atoms with van der Waals surface area (Å²) in [5.41, 5.74) is 6.15. The summed E-state index contributed by atoms with van der Waals surface area (Å²) in [6.45, 7) is 8.52. The van der Waals surface area contributed by atoms with Crippen LogP contribution in [0.4, 0.5) is 11.4 Å². The second-order valence-corrected chi connectivity index (χ2v) is 7.15. The van der Waals surface area contributed by atoms with Crippen LogP contribution in [-0.2, 0) is 16.0 Å². The largest absolute Gasteiger partial charge is 0.326 e. The Morgan fingerprint density at radius 1 is 1.15 bits per heavy atom. The van der Waals surface area contributed by atoms with Crippen molar-refractivity contribution in [1.29, 1.82) is 0 Å². The highest BCUT2D eigenvalue weighted by molar-refractivity contribution is 6.04. The molecular weight excluding hydrogens is 324 g/mol. The van der Waals surface area contributed by atoms with E-state index in [-0.39, 0.29) is 24.2 Å². The van der Waals surface area contributed by atoms with Crippen LogP contribution in [0.2, 0.25) is 0 Å². The van der Waals surface area contributed by atoms with Crippen LogP contribution in [0.5, 0.6) is 0 Å². The zero-order chi connectivity index (χ0) is 18.8. The fourth-order valence-corrected chi connectivity index (χ4v) is 3.60. The summed E-state index contributed by atoms with van der Waals surface area (Å²) in [6, 6.07) is 12.1. The average molecular weight is 350 g/mol. The third kappa shape index (κ3) is 3.50. The standard InChI is InChI=1S/C22H26N2O2/c1-5-17-8-6-7-16(4)21(17)24-13-18(12-20(24)25)22(26)23-19-11-14(2)9-10-15(19)3/h6-11,18H,5,12-13H2,1-4H3,(H,23,26). The van der Waals surface area contributed by atoms with Crippen LogP contribution in [-0.4, -0.2) is 18.4 Å². The molecule has 136 valence electrons. The van der Waals surface area contributed by atoms with Crippen molar-refractivity contribution < 1.29 is 9.59 Å². The minimum Gasteiger partial charge on any atom is -0.326 e. The van der Waals surface area contributed by atoms with Crippen molar-refractivity contribution in [3.05, 3.63) is 58.7 Å². The number of hydrogen-bond donors (Lipinski definition) is 1. The molecule has 1 aliphatic rings. The second kappa shape index (κ2) is 7.32. The van der Waals surface area contributed by atoms with Crippen molar-refractivity contribution in [2.45, 2.75) is 40.5 Å². The SMILES string of the molecule is CCc1cccc(C)c1N1CC(C(=O)Nc2cc(C)ccc2C)CC1=O. The van der Waals surface area contributed by atoms with Gasteiger partial charge in [-0.3, -0.25) is 9.59 Å². The van der Waals surface area contributed by atoms with E-state index in [1.807, 2.05) is 51.1 Å². The summed E-state index contributed by atoms with van der Waals surface area (Å²) >= 11 is 0. The normalized spacial score (nSPS) is 16.8. The van der Waals surface area contributed by atoms with Gasteiger partial charge in [0.1, 0.15) is 0 Å². The Balaban J connectivity index is 1.80. The van der Waals surface area contributed by atoms with Gasteiger partial charge in [0.05, 0.1) is 5.92 Å². The zero-order valence-electron chi connectivity index (χ0n) is 15.9. The molecule has 2 aromatic carbocycles. The zero-order valence-corrected chi connectivity index (χ0v) is 15.9. The van der Waals surface area contributed by atoms with Crippen LogP contribution >= 0.6 is 0 Å². The molecule has 1 atom stereocenters. The molecule has 0 aliphatic carbocycles.